The molecule has 0 aliphatic rings. The molecule has 0 spiro atoms. The summed E-state index contributed by atoms with van der Waals surface area (Å²) in [6.07, 6.45) is 2.73. The van der Waals surface area contributed by atoms with Crippen molar-refractivity contribution in [2.45, 2.75) is 10.9 Å². The van der Waals surface area contributed by atoms with Crippen molar-refractivity contribution in [3.05, 3.63) is 54.0 Å². The van der Waals surface area contributed by atoms with Gasteiger partial charge in [-0.3, -0.25) is 0 Å². The predicted molar refractivity (Wildman–Crippen MR) is 64.3 cm³/mol. The molecule has 0 saturated heterocycles. The summed E-state index contributed by atoms with van der Waals surface area (Å²) in [4.78, 5) is 0.285. The Kier molecular flexibility index (Phi) is 3.04. The quantitative estimate of drug-likeness (QED) is 0.901. The summed E-state index contributed by atoms with van der Waals surface area (Å²) in [7, 11) is -3.16. The fraction of sp³-hybridized carbons (Fsp3) is 0.167. The molecule has 0 saturated carbocycles. The molecule has 17 heavy (non-hydrogen) atoms. The molecule has 0 amide bonds. The molecule has 1 aromatic heterocycles. The van der Waals surface area contributed by atoms with Gasteiger partial charge in [-0.25, -0.2) is 8.42 Å². The van der Waals surface area contributed by atoms with E-state index in [9.17, 15) is 8.42 Å². The SMILES string of the molecule is CS(=O)(=O)c1ccc(C(N)c2ccco2)cc1. The van der Waals surface area contributed by atoms with E-state index in [0.717, 1.165) is 5.56 Å². The average Bonchev–Trinajstić information content (AvgIpc) is 2.80. The van der Waals surface area contributed by atoms with E-state index in [2.05, 4.69) is 0 Å². The van der Waals surface area contributed by atoms with Crippen LogP contribution in [0.5, 0.6) is 0 Å². The van der Waals surface area contributed by atoms with E-state index < -0.39 is 9.84 Å². The predicted octanol–water partition coefficient (Wildman–Crippen LogP) is 1.73. The van der Waals surface area contributed by atoms with Crippen molar-refractivity contribution in [3.8, 4) is 0 Å². The van der Waals surface area contributed by atoms with Crippen LogP contribution in [-0.2, 0) is 9.84 Å². The van der Waals surface area contributed by atoms with Crippen molar-refractivity contribution in [1.82, 2.24) is 0 Å². The van der Waals surface area contributed by atoms with Crippen LogP contribution in [0.3, 0.4) is 0 Å². The first-order chi connectivity index (χ1) is 7.98. The van der Waals surface area contributed by atoms with Crippen molar-refractivity contribution in [3.63, 3.8) is 0 Å². The maximum Gasteiger partial charge on any atom is 0.175 e. The third-order valence-electron chi connectivity index (χ3n) is 2.52. The molecule has 2 aromatic rings. The number of hydrogen-bond donors (Lipinski definition) is 1. The van der Waals surface area contributed by atoms with Gasteiger partial charge in [0.25, 0.3) is 0 Å². The van der Waals surface area contributed by atoms with E-state index in [-0.39, 0.29) is 10.9 Å². The minimum Gasteiger partial charge on any atom is -0.467 e. The zero-order chi connectivity index (χ0) is 12.5. The van der Waals surface area contributed by atoms with Crippen LogP contribution in [0.2, 0.25) is 0 Å². The van der Waals surface area contributed by atoms with Crippen LogP contribution >= 0.6 is 0 Å². The van der Waals surface area contributed by atoms with Crippen molar-refractivity contribution in [2.24, 2.45) is 5.73 Å². The third kappa shape index (κ3) is 2.57. The number of rotatable bonds is 3. The first kappa shape index (κ1) is 11.9. The normalized spacial score (nSPS) is 13.5. The lowest BCUT2D eigenvalue weighted by atomic mass is 10.1. The molecular formula is C12H13NO3S. The van der Waals surface area contributed by atoms with Gasteiger partial charge in [-0.1, -0.05) is 12.1 Å². The second-order valence-corrected chi connectivity index (χ2v) is 5.85. The van der Waals surface area contributed by atoms with Gasteiger partial charge in [-0.15, -0.1) is 0 Å². The summed E-state index contributed by atoms with van der Waals surface area (Å²) in [6, 6.07) is 9.67. The third-order valence-corrected chi connectivity index (χ3v) is 3.65. The maximum atomic E-state index is 11.3. The highest BCUT2D eigenvalue weighted by molar-refractivity contribution is 7.90. The molecule has 0 aliphatic carbocycles. The molecule has 5 heteroatoms. The summed E-state index contributed by atoms with van der Waals surface area (Å²) in [5.41, 5.74) is 6.79. The fourth-order valence-electron chi connectivity index (χ4n) is 1.55. The van der Waals surface area contributed by atoms with E-state index in [4.69, 9.17) is 10.2 Å². The largest absolute Gasteiger partial charge is 0.467 e. The molecule has 1 aromatic carbocycles. The monoisotopic (exact) mass is 251 g/mol. The lowest BCUT2D eigenvalue weighted by molar-refractivity contribution is 0.490. The number of sulfone groups is 1. The van der Waals surface area contributed by atoms with Crippen LogP contribution in [0, 0.1) is 0 Å². The van der Waals surface area contributed by atoms with Crippen LogP contribution in [-0.4, -0.2) is 14.7 Å². The molecule has 1 atom stereocenters. The van der Waals surface area contributed by atoms with Gasteiger partial charge in [-0.05, 0) is 29.8 Å². The summed E-state index contributed by atoms with van der Waals surface area (Å²) in [5, 5.41) is 0. The summed E-state index contributed by atoms with van der Waals surface area (Å²) >= 11 is 0. The molecule has 2 rings (SSSR count). The molecule has 1 heterocycles. The Morgan fingerprint density at radius 3 is 2.29 bits per heavy atom. The molecule has 0 fully saturated rings. The Hall–Kier alpha value is -1.59. The van der Waals surface area contributed by atoms with Gasteiger partial charge in [0.05, 0.1) is 17.2 Å². The first-order valence-electron chi connectivity index (χ1n) is 5.07. The fourth-order valence-corrected chi connectivity index (χ4v) is 2.19. The number of hydrogen-bond acceptors (Lipinski definition) is 4. The van der Waals surface area contributed by atoms with Gasteiger partial charge in [0.1, 0.15) is 5.76 Å². The molecule has 0 radical (unpaired) electrons. The van der Waals surface area contributed by atoms with Crippen LogP contribution in [0.1, 0.15) is 17.4 Å². The van der Waals surface area contributed by atoms with Gasteiger partial charge < -0.3 is 10.2 Å². The Morgan fingerprint density at radius 2 is 1.82 bits per heavy atom. The second kappa shape index (κ2) is 4.35. The summed E-state index contributed by atoms with van der Waals surface area (Å²) < 4.78 is 27.8. The Bertz CT molecular complexity index is 585. The Balaban J connectivity index is 2.30. The molecular weight excluding hydrogens is 238 g/mol. The molecule has 4 nitrogen and oxygen atoms in total. The van der Waals surface area contributed by atoms with Crippen molar-refractivity contribution in [2.75, 3.05) is 6.26 Å². The van der Waals surface area contributed by atoms with Gasteiger partial charge in [0.2, 0.25) is 0 Å². The molecule has 90 valence electrons. The van der Waals surface area contributed by atoms with E-state index in [1.54, 1.807) is 42.7 Å². The summed E-state index contributed by atoms with van der Waals surface area (Å²) in [6.45, 7) is 0. The average molecular weight is 251 g/mol. The Labute approximate surface area is 100.0 Å². The number of furan rings is 1. The smallest absolute Gasteiger partial charge is 0.175 e. The van der Waals surface area contributed by atoms with Gasteiger partial charge >= 0.3 is 0 Å². The van der Waals surface area contributed by atoms with Crippen LogP contribution in [0.4, 0.5) is 0 Å². The van der Waals surface area contributed by atoms with Crippen LogP contribution in [0.25, 0.3) is 0 Å². The standard InChI is InChI=1S/C12H13NO3S/c1-17(14,15)10-6-4-9(5-7-10)12(13)11-3-2-8-16-11/h2-8,12H,13H2,1H3. The Morgan fingerprint density at radius 1 is 1.18 bits per heavy atom. The first-order valence-corrected chi connectivity index (χ1v) is 6.96. The van der Waals surface area contributed by atoms with Crippen molar-refractivity contribution < 1.29 is 12.8 Å². The summed E-state index contributed by atoms with van der Waals surface area (Å²) in [5.74, 6) is 0.650. The zero-order valence-electron chi connectivity index (χ0n) is 9.33. The molecule has 0 bridgehead atoms. The topological polar surface area (TPSA) is 73.3 Å². The highest BCUT2D eigenvalue weighted by Gasteiger charge is 2.13. The van der Waals surface area contributed by atoms with E-state index in [1.807, 2.05) is 0 Å². The van der Waals surface area contributed by atoms with E-state index in [1.165, 1.54) is 6.26 Å². The van der Waals surface area contributed by atoms with Gasteiger partial charge in [-0.2, -0.15) is 0 Å². The van der Waals surface area contributed by atoms with Crippen LogP contribution in [0.15, 0.2) is 52.0 Å². The van der Waals surface area contributed by atoms with E-state index >= 15 is 0 Å². The number of nitrogens with two attached hydrogens (primary N) is 1. The molecule has 1 unspecified atom stereocenters. The van der Waals surface area contributed by atoms with Gasteiger partial charge in [0.15, 0.2) is 9.84 Å². The lowest BCUT2D eigenvalue weighted by Gasteiger charge is -2.09. The molecule has 0 aliphatic heterocycles. The zero-order valence-corrected chi connectivity index (χ0v) is 10.1. The highest BCUT2D eigenvalue weighted by Crippen LogP contribution is 2.21. The maximum absolute atomic E-state index is 11.3. The number of benzene rings is 1. The molecule has 2 N–H and O–H groups in total. The highest BCUT2D eigenvalue weighted by atomic mass is 32.2. The van der Waals surface area contributed by atoms with E-state index in [0.29, 0.717) is 5.76 Å². The minimum atomic E-state index is -3.16. The van der Waals surface area contributed by atoms with Crippen molar-refractivity contribution in [1.29, 1.82) is 0 Å². The second-order valence-electron chi connectivity index (χ2n) is 3.83. The minimum absolute atomic E-state index is 0.285. The van der Waals surface area contributed by atoms with Crippen LogP contribution < -0.4 is 5.73 Å². The van der Waals surface area contributed by atoms with Gasteiger partial charge in [0, 0.05) is 6.26 Å². The van der Waals surface area contributed by atoms with Crippen molar-refractivity contribution >= 4 is 9.84 Å². The lowest BCUT2D eigenvalue weighted by Crippen LogP contribution is -2.11.